The maximum Gasteiger partial charge on any atom is 0.123 e. The van der Waals surface area contributed by atoms with Gasteiger partial charge in [0.25, 0.3) is 0 Å². The van der Waals surface area contributed by atoms with E-state index in [0.29, 0.717) is 12.7 Å². The molecule has 1 rings (SSSR count). The summed E-state index contributed by atoms with van der Waals surface area (Å²) in [6.07, 6.45) is 1.36. The Morgan fingerprint density at radius 2 is 1.95 bits per heavy atom. The van der Waals surface area contributed by atoms with Crippen molar-refractivity contribution in [3.8, 4) is 5.75 Å². The Hall–Kier alpha value is -0.770. The average molecular weight is 288 g/mol. The summed E-state index contributed by atoms with van der Waals surface area (Å²) in [4.78, 5) is 0. The first-order chi connectivity index (χ1) is 8.74. The van der Waals surface area contributed by atoms with Gasteiger partial charge in [-0.3, -0.25) is 0 Å². The zero-order valence-electron chi connectivity index (χ0n) is 12.1. The topological polar surface area (TPSA) is 30.5 Å². The third-order valence-electron chi connectivity index (χ3n) is 2.54. The van der Waals surface area contributed by atoms with E-state index in [1.807, 2.05) is 25.1 Å². The van der Waals surface area contributed by atoms with Crippen molar-refractivity contribution in [1.29, 1.82) is 0 Å². The summed E-state index contributed by atoms with van der Waals surface area (Å²) in [5.41, 5.74) is 1.21. The van der Waals surface area contributed by atoms with E-state index in [0.717, 1.165) is 31.9 Å². The molecule has 3 nitrogen and oxygen atoms in total. The van der Waals surface area contributed by atoms with Crippen molar-refractivity contribution >= 4 is 12.4 Å². The fourth-order valence-electron chi connectivity index (χ4n) is 1.69. The van der Waals surface area contributed by atoms with Crippen LogP contribution in [0.4, 0.5) is 0 Å². The predicted molar refractivity (Wildman–Crippen MR) is 82.3 cm³/mol. The molecule has 0 aliphatic carbocycles. The zero-order chi connectivity index (χ0) is 13.2. The van der Waals surface area contributed by atoms with Gasteiger partial charge >= 0.3 is 0 Å². The van der Waals surface area contributed by atoms with Gasteiger partial charge in [-0.25, -0.2) is 0 Å². The van der Waals surface area contributed by atoms with Crippen LogP contribution in [0.25, 0.3) is 0 Å². The highest BCUT2D eigenvalue weighted by Crippen LogP contribution is 2.17. The first-order valence-electron chi connectivity index (χ1n) is 6.77. The maximum atomic E-state index is 5.58. The molecule has 0 saturated heterocycles. The van der Waals surface area contributed by atoms with Crippen molar-refractivity contribution in [1.82, 2.24) is 5.32 Å². The molecule has 110 valence electrons. The molecule has 0 spiro atoms. The van der Waals surface area contributed by atoms with Gasteiger partial charge in [0.15, 0.2) is 0 Å². The fourth-order valence-corrected chi connectivity index (χ4v) is 1.69. The standard InChI is InChI=1S/C15H25NO2.ClH/c1-4-17-15-9-6-5-8-14(15)12-16-10-7-11-18-13(2)3;/h5-6,8-9,13,16H,4,7,10-12H2,1-3H3;1H. The Balaban J connectivity index is 0.00000324. The summed E-state index contributed by atoms with van der Waals surface area (Å²) in [5.74, 6) is 0.978. The molecule has 0 amide bonds. The van der Waals surface area contributed by atoms with Crippen LogP contribution in [0.5, 0.6) is 5.75 Å². The van der Waals surface area contributed by atoms with Crippen LogP contribution in [0.3, 0.4) is 0 Å². The minimum Gasteiger partial charge on any atom is -0.494 e. The Labute approximate surface area is 123 Å². The van der Waals surface area contributed by atoms with Crippen LogP contribution in [0.2, 0.25) is 0 Å². The fraction of sp³-hybridized carbons (Fsp3) is 0.600. The van der Waals surface area contributed by atoms with Gasteiger partial charge in [0.05, 0.1) is 12.7 Å². The lowest BCUT2D eigenvalue weighted by atomic mass is 10.2. The highest BCUT2D eigenvalue weighted by Gasteiger charge is 2.01. The van der Waals surface area contributed by atoms with Crippen LogP contribution >= 0.6 is 12.4 Å². The van der Waals surface area contributed by atoms with Gasteiger partial charge in [0.1, 0.15) is 5.75 Å². The molecular weight excluding hydrogens is 262 g/mol. The van der Waals surface area contributed by atoms with Crippen molar-refractivity contribution in [2.45, 2.75) is 39.8 Å². The third-order valence-corrected chi connectivity index (χ3v) is 2.54. The van der Waals surface area contributed by atoms with Crippen LogP contribution < -0.4 is 10.1 Å². The molecule has 4 heteroatoms. The minimum absolute atomic E-state index is 0. The van der Waals surface area contributed by atoms with Crippen molar-refractivity contribution < 1.29 is 9.47 Å². The summed E-state index contributed by atoms with van der Waals surface area (Å²) in [7, 11) is 0. The van der Waals surface area contributed by atoms with Gasteiger partial charge in [0, 0.05) is 18.7 Å². The van der Waals surface area contributed by atoms with E-state index in [-0.39, 0.29) is 12.4 Å². The molecule has 0 heterocycles. The van der Waals surface area contributed by atoms with Crippen molar-refractivity contribution in [3.05, 3.63) is 29.8 Å². The van der Waals surface area contributed by atoms with Gasteiger partial charge in [-0.05, 0) is 39.8 Å². The zero-order valence-corrected chi connectivity index (χ0v) is 13.0. The van der Waals surface area contributed by atoms with Gasteiger partial charge in [-0.15, -0.1) is 12.4 Å². The van der Waals surface area contributed by atoms with Crippen LogP contribution in [0.15, 0.2) is 24.3 Å². The number of benzene rings is 1. The summed E-state index contributed by atoms with van der Waals surface area (Å²) < 4.78 is 11.1. The molecule has 1 N–H and O–H groups in total. The Bertz CT molecular complexity index is 332. The lowest BCUT2D eigenvalue weighted by Gasteiger charge is -2.11. The van der Waals surface area contributed by atoms with Gasteiger partial charge in [0.2, 0.25) is 0 Å². The number of para-hydroxylation sites is 1. The van der Waals surface area contributed by atoms with Crippen LogP contribution in [-0.2, 0) is 11.3 Å². The second-order valence-electron chi connectivity index (χ2n) is 4.49. The van der Waals surface area contributed by atoms with E-state index in [2.05, 4.69) is 25.2 Å². The monoisotopic (exact) mass is 287 g/mol. The number of nitrogens with one attached hydrogen (secondary N) is 1. The lowest BCUT2D eigenvalue weighted by molar-refractivity contribution is 0.0770. The highest BCUT2D eigenvalue weighted by molar-refractivity contribution is 5.85. The normalized spacial score (nSPS) is 10.3. The largest absolute Gasteiger partial charge is 0.494 e. The van der Waals surface area contributed by atoms with E-state index >= 15 is 0 Å². The first kappa shape index (κ1) is 18.2. The second-order valence-corrected chi connectivity index (χ2v) is 4.49. The first-order valence-corrected chi connectivity index (χ1v) is 6.77. The molecule has 1 aromatic carbocycles. The molecule has 19 heavy (non-hydrogen) atoms. The van der Waals surface area contributed by atoms with E-state index in [1.54, 1.807) is 0 Å². The minimum atomic E-state index is 0. The Morgan fingerprint density at radius 3 is 2.63 bits per heavy atom. The lowest BCUT2D eigenvalue weighted by Crippen LogP contribution is -2.17. The predicted octanol–water partition coefficient (Wildman–Crippen LogP) is 3.41. The average Bonchev–Trinajstić information content (AvgIpc) is 2.35. The number of hydrogen-bond donors (Lipinski definition) is 1. The molecule has 0 saturated carbocycles. The van der Waals surface area contributed by atoms with E-state index in [4.69, 9.17) is 9.47 Å². The van der Waals surface area contributed by atoms with Gasteiger partial charge in [-0.2, -0.15) is 0 Å². The highest BCUT2D eigenvalue weighted by atomic mass is 35.5. The van der Waals surface area contributed by atoms with Crippen LogP contribution in [0, 0.1) is 0 Å². The number of hydrogen-bond acceptors (Lipinski definition) is 3. The summed E-state index contributed by atoms with van der Waals surface area (Å²) in [6.45, 7) is 9.47. The molecule has 0 unspecified atom stereocenters. The van der Waals surface area contributed by atoms with E-state index in [1.165, 1.54) is 5.56 Å². The molecule has 0 fully saturated rings. The van der Waals surface area contributed by atoms with Crippen LogP contribution in [-0.4, -0.2) is 25.9 Å². The van der Waals surface area contributed by atoms with Gasteiger partial charge < -0.3 is 14.8 Å². The van der Waals surface area contributed by atoms with E-state index in [9.17, 15) is 0 Å². The molecule has 0 aliphatic heterocycles. The van der Waals surface area contributed by atoms with Crippen molar-refractivity contribution in [2.75, 3.05) is 19.8 Å². The third kappa shape index (κ3) is 8.09. The molecule has 1 aromatic rings. The summed E-state index contributed by atoms with van der Waals surface area (Å²) in [5, 5.41) is 3.41. The molecular formula is C15H26ClNO2. The molecule has 0 aromatic heterocycles. The number of ether oxygens (including phenoxy) is 2. The summed E-state index contributed by atoms with van der Waals surface area (Å²) >= 11 is 0. The van der Waals surface area contributed by atoms with Crippen molar-refractivity contribution in [3.63, 3.8) is 0 Å². The quantitative estimate of drug-likeness (QED) is 0.706. The summed E-state index contributed by atoms with van der Waals surface area (Å²) in [6, 6.07) is 8.16. The molecule has 0 atom stereocenters. The second kappa shape index (κ2) is 11.1. The Kier molecular flexibility index (Phi) is 10.6. The molecule has 0 radical (unpaired) electrons. The SMILES string of the molecule is CCOc1ccccc1CNCCCOC(C)C.Cl. The smallest absolute Gasteiger partial charge is 0.123 e. The molecule has 0 bridgehead atoms. The Morgan fingerprint density at radius 1 is 1.21 bits per heavy atom. The van der Waals surface area contributed by atoms with Crippen LogP contribution in [0.1, 0.15) is 32.8 Å². The van der Waals surface area contributed by atoms with Gasteiger partial charge in [-0.1, -0.05) is 18.2 Å². The van der Waals surface area contributed by atoms with E-state index < -0.39 is 0 Å². The number of rotatable bonds is 9. The maximum absolute atomic E-state index is 5.58. The van der Waals surface area contributed by atoms with Crippen molar-refractivity contribution in [2.24, 2.45) is 0 Å². The number of halogens is 1. The molecule has 0 aliphatic rings.